The molecule has 84 valence electrons. The van der Waals surface area contributed by atoms with Gasteiger partial charge in [-0.3, -0.25) is 5.10 Å². The molecule has 1 heterocycles. The highest BCUT2D eigenvalue weighted by Crippen LogP contribution is 2.19. The van der Waals surface area contributed by atoms with Crippen LogP contribution in [-0.2, 0) is 4.74 Å². The summed E-state index contributed by atoms with van der Waals surface area (Å²) in [6, 6.07) is 5.25. The molecule has 0 amide bonds. The molecule has 0 fully saturated rings. The lowest BCUT2D eigenvalue weighted by molar-refractivity contribution is 0.0500. The van der Waals surface area contributed by atoms with E-state index in [1.54, 1.807) is 18.2 Å². The number of aromatic amines is 1. The number of benzene rings is 1. The average Bonchev–Trinajstić information content (AvgIpc) is 2.68. The minimum atomic E-state index is -0.418. The van der Waals surface area contributed by atoms with Crippen molar-refractivity contribution in [1.82, 2.24) is 10.2 Å². The Balaban J connectivity index is 2.37. The highest BCUT2D eigenvalue weighted by Gasteiger charge is 2.15. The second-order valence-corrected chi connectivity index (χ2v) is 3.51. The standard InChI is InChI=1S/C11H13N3O2/c1-2-5-16-11(15)10-8-6-7(12)3-4-9(8)13-14-10/h3-4,6H,2,5,12H2,1H3,(H,13,14). The fourth-order valence-electron chi connectivity index (χ4n) is 1.45. The maximum absolute atomic E-state index is 11.6. The molecule has 0 bridgehead atoms. The van der Waals surface area contributed by atoms with Gasteiger partial charge in [-0.05, 0) is 24.6 Å². The number of nitrogens with two attached hydrogens (primary N) is 1. The Kier molecular flexibility index (Phi) is 2.76. The molecule has 0 spiro atoms. The van der Waals surface area contributed by atoms with Gasteiger partial charge >= 0.3 is 5.97 Å². The molecular weight excluding hydrogens is 206 g/mol. The quantitative estimate of drug-likeness (QED) is 0.608. The van der Waals surface area contributed by atoms with Crippen molar-refractivity contribution in [3.8, 4) is 0 Å². The Labute approximate surface area is 92.6 Å². The van der Waals surface area contributed by atoms with E-state index in [0.29, 0.717) is 17.7 Å². The SMILES string of the molecule is CCCOC(=O)c1n[nH]c2ccc(N)cc12. The molecule has 0 radical (unpaired) electrons. The number of carbonyl (C=O) groups is 1. The lowest BCUT2D eigenvalue weighted by atomic mass is 10.2. The number of hydrogen-bond donors (Lipinski definition) is 2. The zero-order chi connectivity index (χ0) is 11.5. The predicted molar refractivity (Wildman–Crippen MR) is 61.1 cm³/mol. The van der Waals surface area contributed by atoms with Crippen molar-refractivity contribution in [1.29, 1.82) is 0 Å². The Morgan fingerprint density at radius 2 is 2.38 bits per heavy atom. The number of anilines is 1. The number of hydrogen-bond acceptors (Lipinski definition) is 4. The molecule has 0 aliphatic heterocycles. The minimum Gasteiger partial charge on any atom is -0.461 e. The molecule has 3 N–H and O–H groups in total. The summed E-state index contributed by atoms with van der Waals surface area (Å²) in [6.45, 7) is 2.34. The number of esters is 1. The Bertz CT molecular complexity index is 519. The summed E-state index contributed by atoms with van der Waals surface area (Å²) in [5, 5.41) is 7.40. The Hall–Kier alpha value is -2.04. The summed E-state index contributed by atoms with van der Waals surface area (Å²) in [4.78, 5) is 11.6. The zero-order valence-electron chi connectivity index (χ0n) is 8.99. The van der Waals surface area contributed by atoms with E-state index in [1.807, 2.05) is 6.92 Å². The third-order valence-electron chi connectivity index (χ3n) is 2.22. The van der Waals surface area contributed by atoms with Crippen LogP contribution in [0.5, 0.6) is 0 Å². The maximum atomic E-state index is 11.6. The summed E-state index contributed by atoms with van der Waals surface area (Å²) in [6.07, 6.45) is 0.788. The summed E-state index contributed by atoms with van der Waals surface area (Å²) in [7, 11) is 0. The van der Waals surface area contributed by atoms with Crippen LogP contribution in [-0.4, -0.2) is 22.8 Å². The number of rotatable bonds is 3. The van der Waals surface area contributed by atoms with Crippen LogP contribution in [0.1, 0.15) is 23.8 Å². The topological polar surface area (TPSA) is 81.0 Å². The zero-order valence-corrected chi connectivity index (χ0v) is 8.99. The first-order chi connectivity index (χ1) is 7.72. The third kappa shape index (κ3) is 1.84. The van der Waals surface area contributed by atoms with E-state index in [-0.39, 0.29) is 5.69 Å². The number of fused-ring (bicyclic) bond motifs is 1. The van der Waals surface area contributed by atoms with Crippen LogP contribution < -0.4 is 5.73 Å². The first-order valence-electron chi connectivity index (χ1n) is 5.13. The fourth-order valence-corrected chi connectivity index (χ4v) is 1.45. The normalized spacial score (nSPS) is 10.6. The number of ether oxygens (including phenoxy) is 1. The Morgan fingerprint density at radius 3 is 3.12 bits per heavy atom. The van der Waals surface area contributed by atoms with Gasteiger partial charge in [-0.25, -0.2) is 4.79 Å². The van der Waals surface area contributed by atoms with Gasteiger partial charge in [0.25, 0.3) is 0 Å². The second kappa shape index (κ2) is 4.22. The van der Waals surface area contributed by atoms with Gasteiger partial charge in [-0.2, -0.15) is 5.10 Å². The molecule has 0 atom stereocenters. The van der Waals surface area contributed by atoms with Crippen molar-refractivity contribution in [3.63, 3.8) is 0 Å². The van der Waals surface area contributed by atoms with E-state index < -0.39 is 5.97 Å². The lowest BCUT2D eigenvalue weighted by Crippen LogP contribution is -2.06. The molecule has 5 nitrogen and oxygen atoms in total. The van der Waals surface area contributed by atoms with Crippen LogP contribution in [0.2, 0.25) is 0 Å². The van der Waals surface area contributed by atoms with Gasteiger partial charge in [0, 0.05) is 11.1 Å². The largest absolute Gasteiger partial charge is 0.461 e. The van der Waals surface area contributed by atoms with E-state index in [4.69, 9.17) is 10.5 Å². The van der Waals surface area contributed by atoms with Crippen LogP contribution in [0.25, 0.3) is 10.9 Å². The first kappa shape index (κ1) is 10.5. The van der Waals surface area contributed by atoms with Crippen molar-refractivity contribution >= 4 is 22.6 Å². The first-order valence-corrected chi connectivity index (χ1v) is 5.13. The van der Waals surface area contributed by atoms with E-state index >= 15 is 0 Å². The summed E-state index contributed by atoms with van der Waals surface area (Å²) in [5.41, 5.74) is 7.32. The van der Waals surface area contributed by atoms with Gasteiger partial charge < -0.3 is 10.5 Å². The van der Waals surface area contributed by atoms with Crippen molar-refractivity contribution in [2.45, 2.75) is 13.3 Å². The van der Waals surface area contributed by atoms with Gasteiger partial charge in [-0.1, -0.05) is 6.92 Å². The predicted octanol–water partition coefficient (Wildman–Crippen LogP) is 1.71. The van der Waals surface area contributed by atoms with Crippen LogP contribution in [0, 0.1) is 0 Å². The minimum absolute atomic E-state index is 0.288. The smallest absolute Gasteiger partial charge is 0.359 e. The molecule has 1 aromatic heterocycles. The monoisotopic (exact) mass is 219 g/mol. The molecule has 16 heavy (non-hydrogen) atoms. The van der Waals surface area contributed by atoms with E-state index in [1.165, 1.54) is 0 Å². The van der Waals surface area contributed by atoms with Crippen LogP contribution in [0.15, 0.2) is 18.2 Å². The van der Waals surface area contributed by atoms with Crippen molar-refractivity contribution in [2.24, 2.45) is 0 Å². The molecular formula is C11H13N3O2. The number of nitrogens with one attached hydrogen (secondary N) is 1. The Morgan fingerprint density at radius 1 is 1.56 bits per heavy atom. The molecule has 0 unspecified atom stereocenters. The van der Waals surface area contributed by atoms with E-state index in [2.05, 4.69) is 10.2 Å². The van der Waals surface area contributed by atoms with Crippen LogP contribution in [0.3, 0.4) is 0 Å². The molecule has 2 rings (SSSR count). The third-order valence-corrected chi connectivity index (χ3v) is 2.22. The molecule has 0 saturated carbocycles. The maximum Gasteiger partial charge on any atom is 0.359 e. The van der Waals surface area contributed by atoms with Gasteiger partial charge in [0.05, 0.1) is 12.1 Å². The molecule has 0 aliphatic carbocycles. The molecule has 0 saturated heterocycles. The highest BCUT2D eigenvalue weighted by molar-refractivity contribution is 6.02. The number of H-pyrrole nitrogens is 1. The number of nitrogens with zero attached hydrogens (tertiary/aromatic N) is 1. The summed E-state index contributed by atoms with van der Waals surface area (Å²) < 4.78 is 5.02. The summed E-state index contributed by atoms with van der Waals surface area (Å²) >= 11 is 0. The van der Waals surface area contributed by atoms with Crippen LogP contribution in [0.4, 0.5) is 5.69 Å². The molecule has 2 aromatic rings. The van der Waals surface area contributed by atoms with Gasteiger partial charge in [0.2, 0.25) is 0 Å². The fraction of sp³-hybridized carbons (Fsp3) is 0.273. The molecule has 1 aromatic carbocycles. The summed E-state index contributed by atoms with van der Waals surface area (Å²) in [5.74, 6) is -0.418. The van der Waals surface area contributed by atoms with Crippen molar-refractivity contribution in [3.05, 3.63) is 23.9 Å². The van der Waals surface area contributed by atoms with Gasteiger partial charge in [0.15, 0.2) is 5.69 Å². The number of aromatic nitrogens is 2. The van der Waals surface area contributed by atoms with Gasteiger partial charge in [0.1, 0.15) is 0 Å². The van der Waals surface area contributed by atoms with Gasteiger partial charge in [-0.15, -0.1) is 0 Å². The van der Waals surface area contributed by atoms with E-state index in [0.717, 1.165) is 11.9 Å². The highest BCUT2D eigenvalue weighted by atomic mass is 16.5. The van der Waals surface area contributed by atoms with Crippen molar-refractivity contribution in [2.75, 3.05) is 12.3 Å². The lowest BCUT2D eigenvalue weighted by Gasteiger charge is -2.00. The van der Waals surface area contributed by atoms with E-state index in [9.17, 15) is 4.79 Å². The van der Waals surface area contributed by atoms with Crippen LogP contribution >= 0.6 is 0 Å². The molecule has 0 aliphatic rings. The number of nitrogen functional groups attached to an aromatic ring is 1. The van der Waals surface area contributed by atoms with Crippen molar-refractivity contribution < 1.29 is 9.53 Å². The average molecular weight is 219 g/mol. The molecule has 5 heteroatoms. The number of carbonyl (C=O) groups excluding carboxylic acids is 1. The second-order valence-electron chi connectivity index (χ2n) is 3.51.